The van der Waals surface area contributed by atoms with Crippen molar-refractivity contribution >= 4 is 40.7 Å². The Morgan fingerprint density at radius 3 is 2.56 bits per heavy atom. The van der Waals surface area contributed by atoms with E-state index in [4.69, 9.17) is 28.9 Å². The molecule has 5 heteroatoms. The quantitative estimate of drug-likeness (QED) is 0.637. The molecule has 18 heavy (non-hydrogen) atoms. The molecule has 0 saturated heterocycles. The Hall–Kier alpha value is -0.900. The first kappa shape index (κ1) is 13.5. The van der Waals surface area contributed by atoms with Crippen LogP contribution in [-0.4, -0.2) is 0 Å². The molecule has 2 rings (SSSR count). The van der Waals surface area contributed by atoms with Gasteiger partial charge in [-0.25, -0.2) is 4.39 Å². The van der Waals surface area contributed by atoms with Crippen molar-refractivity contribution in [1.82, 2.24) is 0 Å². The van der Waals surface area contributed by atoms with E-state index in [1.54, 1.807) is 0 Å². The predicted molar refractivity (Wildman–Crippen MR) is 76.8 cm³/mol. The van der Waals surface area contributed by atoms with E-state index in [1.165, 1.54) is 23.9 Å². The molecular weight excluding hydrogens is 292 g/mol. The molecule has 0 heterocycles. The van der Waals surface area contributed by atoms with Crippen LogP contribution in [0.15, 0.2) is 41.3 Å². The lowest BCUT2D eigenvalue weighted by molar-refractivity contribution is 0.625. The number of thioether (sulfide) groups is 1. The molecule has 0 aliphatic carbocycles. The van der Waals surface area contributed by atoms with Crippen molar-refractivity contribution in [3.8, 4) is 0 Å². The molecule has 94 valence electrons. The van der Waals surface area contributed by atoms with Gasteiger partial charge in [0.1, 0.15) is 5.82 Å². The van der Waals surface area contributed by atoms with Crippen molar-refractivity contribution < 1.29 is 4.39 Å². The van der Waals surface area contributed by atoms with Crippen molar-refractivity contribution in [2.75, 3.05) is 5.73 Å². The standard InChI is InChI=1S/C13H10Cl2FNS/c14-9-4-2-1-3-8(9)7-18-13-6-11(16)10(15)5-12(13)17/h1-6H,7,17H2. The lowest BCUT2D eigenvalue weighted by atomic mass is 10.2. The normalized spacial score (nSPS) is 10.6. The van der Waals surface area contributed by atoms with E-state index >= 15 is 0 Å². The first-order chi connectivity index (χ1) is 8.58. The molecule has 0 bridgehead atoms. The summed E-state index contributed by atoms with van der Waals surface area (Å²) in [5.41, 5.74) is 7.24. The second kappa shape index (κ2) is 5.83. The van der Waals surface area contributed by atoms with Crippen LogP contribution < -0.4 is 5.73 Å². The fraction of sp³-hybridized carbons (Fsp3) is 0.0769. The lowest BCUT2D eigenvalue weighted by Crippen LogP contribution is -1.91. The number of benzene rings is 2. The molecule has 2 aromatic rings. The number of halogens is 3. The topological polar surface area (TPSA) is 26.0 Å². The predicted octanol–water partition coefficient (Wildman–Crippen LogP) is 5.01. The summed E-state index contributed by atoms with van der Waals surface area (Å²) in [6.07, 6.45) is 0. The minimum absolute atomic E-state index is 0.0367. The van der Waals surface area contributed by atoms with Gasteiger partial charge in [0.15, 0.2) is 0 Å². The Kier molecular flexibility index (Phi) is 4.38. The van der Waals surface area contributed by atoms with Crippen LogP contribution in [0, 0.1) is 5.82 Å². The maximum Gasteiger partial charge on any atom is 0.143 e. The van der Waals surface area contributed by atoms with Crippen LogP contribution in [0.2, 0.25) is 10.0 Å². The third-order valence-electron chi connectivity index (χ3n) is 2.39. The lowest BCUT2D eigenvalue weighted by Gasteiger charge is -2.07. The summed E-state index contributed by atoms with van der Waals surface area (Å²) in [4.78, 5) is 0.664. The van der Waals surface area contributed by atoms with E-state index in [1.807, 2.05) is 24.3 Å². The van der Waals surface area contributed by atoms with Gasteiger partial charge in [-0.05, 0) is 23.8 Å². The van der Waals surface area contributed by atoms with Gasteiger partial charge in [0.05, 0.1) is 5.02 Å². The minimum atomic E-state index is -0.465. The van der Waals surface area contributed by atoms with E-state index in [0.29, 0.717) is 21.4 Å². The molecule has 2 N–H and O–H groups in total. The number of nitrogens with two attached hydrogens (primary N) is 1. The molecule has 0 fully saturated rings. The number of hydrogen-bond acceptors (Lipinski definition) is 2. The van der Waals surface area contributed by atoms with Crippen LogP contribution in [0.5, 0.6) is 0 Å². The molecule has 0 unspecified atom stereocenters. The maximum atomic E-state index is 13.3. The van der Waals surface area contributed by atoms with Gasteiger partial charge >= 0.3 is 0 Å². The molecular formula is C13H10Cl2FNS. The Balaban J connectivity index is 2.16. The average molecular weight is 302 g/mol. The molecule has 0 aromatic heterocycles. The molecule has 0 saturated carbocycles. The Labute approximate surface area is 119 Å². The van der Waals surface area contributed by atoms with Crippen molar-refractivity contribution in [1.29, 1.82) is 0 Å². The Morgan fingerprint density at radius 2 is 1.83 bits per heavy atom. The summed E-state index contributed by atoms with van der Waals surface area (Å²) in [7, 11) is 0. The van der Waals surface area contributed by atoms with Gasteiger partial charge in [-0.3, -0.25) is 0 Å². The van der Waals surface area contributed by atoms with E-state index in [9.17, 15) is 4.39 Å². The fourth-order valence-electron chi connectivity index (χ4n) is 1.44. The summed E-state index contributed by atoms with van der Waals surface area (Å²) in [6, 6.07) is 10.3. The molecule has 0 radical (unpaired) electrons. The molecule has 0 aliphatic heterocycles. The monoisotopic (exact) mass is 301 g/mol. The molecule has 0 spiro atoms. The largest absolute Gasteiger partial charge is 0.398 e. The van der Waals surface area contributed by atoms with E-state index < -0.39 is 5.82 Å². The van der Waals surface area contributed by atoms with Crippen LogP contribution >= 0.6 is 35.0 Å². The SMILES string of the molecule is Nc1cc(Cl)c(F)cc1SCc1ccccc1Cl. The van der Waals surface area contributed by atoms with Crippen LogP contribution in [-0.2, 0) is 5.75 Å². The van der Waals surface area contributed by atoms with Gasteiger partial charge in [0, 0.05) is 21.4 Å². The molecule has 1 nitrogen and oxygen atoms in total. The average Bonchev–Trinajstić information content (AvgIpc) is 2.34. The summed E-state index contributed by atoms with van der Waals surface area (Å²) in [5, 5.41) is 0.729. The van der Waals surface area contributed by atoms with Gasteiger partial charge in [0.25, 0.3) is 0 Å². The van der Waals surface area contributed by atoms with Crippen molar-refractivity contribution in [3.63, 3.8) is 0 Å². The number of hydrogen-bond donors (Lipinski definition) is 1. The van der Waals surface area contributed by atoms with Gasteiger partial charge < -0.3 is 5.73 Å². The van der Waals surface area contributed by atoms with Crippen molar-refractivity contribution in [2.24, 2.45) is 0 Å². The first-order valence-corrected chi connectivity index (χ1v) is 6.93. The van der Waals surface area contributed by atoms with E-state index in [2.05, 4.69) is 0 Å². The molecule has 0 atom stereocenters. The number of rotatable bonds is 3. The van der Waals surface area contributed by atoms with Crippen molar-refractivity contribution in [3.05, 3.63) is 57.8 Å². The second-order valence-electron chi connectivity index (χ2n) is 3.68. The molecule has 0 amide bonds. The van der Waals surface area contributed by atoms with Crippen LogP contribution in [0.3, 0.4) is 0 Å². The Bertz CT molecular complexity index is 575. The molecule has 0 aliphatic rings. The fourth-order valence-corrected chi connectivity index (χ4v) is 2.87. The number of anilines is 1. The third-order valence-corrected chi connectivity index (χ3v) is 4.17. The van der Waals surface area contributed by atoms with Gasteiger partial charge in [0.2, 0.25) is 0 Å². The second-order valence-corrected chi connectivity index (χ2v) is 5.52. The van der Waals surface area contributed by atoms with Crippen LogP contribution in [0.25, 0.3) is 0 Å². The summed E-state index contributed by atoms with van der Waals surface area (Å²) in [6.45, 7) is 0. The Morgan fingerprint density at radius 1 is 1.11 bits per heavy atom. The van der Waals surface area contributed by atoms with Gasteiger partial charge in [-0.1, -0.05) is 41.4 Å². The highest BCUT2D eigenvalue weighted by atomic mass is 35.5. The third kappa shape index (κ3) is 3.10. The maximum absolute atomic E-state index is 13.3. The van der Waals surface area contributed by atoms with E-state index in [-0.39, 0.29) is 5.02 Å². The van der Waals surface area contributed by atoms with E-state index in [0.717, 1.165) is 5.56 Å². The van der Waals surface area contributed by atoms with Crippen molar-refractivity contribution in [2.45, 2.75) is 10.6 Å². The zero-order valence-electron chi connectivity index (χ0n) is 9.29. The highest BCUT2D eigenvalue weighted by molar-refractivity contribution is 7.98. The summed E-state index contributed by atoms with van der Waals surface area (Å²) < 4.78 is 13.3. The molecule has 2 aromatic carbocycles. The van der Waals surface area contributed by atoms with Crippen LogP contribution in [0.1, 0.15) is 5.56 Å². The number of nitrogen functional groups attached to an aromatic ring is 1. The minimum Gasteiger partial charge on any atom is -0.398 e. The first-order valence-electron chi connectivity index (χ1n) is 5.18. The summed E-state index contributed by atoms with van der Waals surface area (Å²) >= 11 is 13.1. The summed E-state index contributed by atoms with van der Waals surface area (Å²) in [5.74, 6) is 0.165. The van der Waals surface area contributed by atoms with Gasteiger partial charge in [-0.15, -0.1) is 11.8 Å². The van der Waals surface area contributed by atoms with Gasteiger partial charge in [-0.2, -0.15) is 0 Å². The zero-order chi connectivity index (χ0) is 13.1. The van der Waals surface area contributed by atoms with Crippen LogP contribution in [0.4, 0.5) is 10.1 Å². The zero-order valence-corrected chi connectivity index (χ0v) is 11.6. The highest BCUT2D eigenvalue weighted by Crippen LogP contribution is 2.33. The smallest absolute Gasteiger partial charge is 0.143 e. The highest BCUT2D eigenvalue weighted by Gasteiger charge is 2.08.